The molecule has 5 aromatic rings. The lowest BCUT2D eigenvalue weighted by Gasteiger charge is -2.25. The van der Waals surface area contributed by atoms with Crippen LogP contribution in [0.25, 0.3) is 21.2 Å². The normalized spacial score (nSPS) is 15.5. The number of aromatic hydroxyl groups is 1. The summed E-state index contributed by atoms with van der Waals surface area (Å²) >= 11 is 4.53. The third-order valence-electron chi connectivity index (χ3n) is 6.48. The number of hydrogen-bond donors (Lipinski definition) is 2. The molecule has 3 aromatic carbocycles. The van der Waals surface area contributed by atoms with Crippen molar-refractivity contribution in [1.29, 1.82) is 0 Å². The SMILES string of the molecule is COc1ccc2nc(N3C(=O)C(O)=C(C(=O)c4cc5ccccc5o4)C3c3cc(Br)c(O)c(OC)c3)sc2c1. The van der Waals surface area contributed by atoms with E-state index in [1.54, 1.807) is 55.6 Å². The monoisotopic (exact) mass is 606 g/mol. The van der Waals surface area contributed by atoms with E-state index in [-0.39, 0.29) is 32.4 Å². The Morgan fingerprint density at radius 1 is 1.08 bits per heavy atom. The molecule has 2 aromatic heterocycles. The van der Waals surface area contributed by atoms with Gasteiger partial charge < -0.3 is 24.1 Å². The van der Waals surface area contributed by atoms with Gasteiger partial charge in [0.15, 0.2) is 28.1 Å². The zero-order valence-electron chi connectivity index (χ0n) is 20.5. The maximum absolute atomic E-state index is 13.9. The van der Waals surface area contributed by atoms with Crippen LogP contribution >= 0.6 is 27.3 Å². The van der Waals surface area contributed by atoms with Gasteiger partial charge in [0.1, 0.15) is 11.3 Å². The Labute approximate surface area is 233 Å². The number of aliphatic hydroxyl groups excluding tert-OH is 1. The summed E-state index contributed by atoms with van der Waals surface area (Å²) in [4.78, 5) is 33.4. The first kappa shape index (κ1) is 25.0. The third-order valence-corrected chi connectivity index (χ3v) is 8.10. The van der Waals surface area contributed by atoms with Gasteiger partial charge in [-0.2, -0.15) is 0 Å². The van der Waals surface area contributed by atoms with Gasteiger partial charge in [0, 0.05) is 5.39 Å². The minimum absolute atomic E-state index is 0.0313. The Balaban J connectivity index is 1.54. The summed E-state index contributed by atoms with van der Waals surface area (Å²) in [6, 6.07) is 16.0. The van der Waals surface area contributed by atoms with Gasteiger partial charge in [-0.05, 0) is 64.0 Å². The van der Waals surface area contributed by atoms with Crippen molar-refractivity contribution in [2.45, 2.75) is 6.04 Å². The van der Waals surface area contributed by atoms with Gasteiger partial charge in [0.05, 0.1) is 40.5 Å². The lowest BCUT2D eigenvalue weighted by Crippen LogP contribution is -2.31. The molecule has 1 aliphatic heterocycles. The number of nitrogens with zero attached hydrogens (tertiary/aromatic N) is 2. The van der Waals surface area contributed by atoms with Crippen molar-refractivity contribution in [3.63, 3.8) is 0 Å². The predicted octanol–water partition coefficient (Wildman–Crippen LogP) is 6.31. The maximum Gasteiger partial charge on any atom is 0.296 e. The molecule has 0 bridgehead atoms. The number of carbonyl (C=O) groups excluding carboxylic acids is 2. The van der Waals surface area contributed by atoms with Gasteiger partial charge in [-0.15, -0.1) is 0 Å². The molecular weight excluding hydrogens is 588 g/mol. The molecule has 0 saturated carbocycles. The first-order chi connectivity index (χ1) is 18.8. The minimum Gasteiger partial charge on any atom is -0.503 e. The number of fused-ring (bicyclic) bond motifs is 2. The van der Waals surface area contributed by atoms with E-state index in [4.69, 9.17) is 13.9 Å². The van der Waals surface area contributed by atoms with E-state index < -0.39 is 23.5 Å². The van der Waals surface area contributed by atoms with Gasteiger partial charge in [-0.3, -0.25) is 14.5 Å². The number of aliphatic hydroxyl groups is 1. The molecule has 2 N–H and O–H groups in total. The Hall–Kier alpha value is -4.35. The van der Waals surface area contributed by atoms with E-state index in [1.165, 1.54) is 29.4 Å². The van der Waals surface area contributed by atoms with E-state index in [1.807, 2.05) is 6.07 Å². The summed E-state index contributed by atoms with van der Waals surface area (Å²) < 4.78 is 17.4. The highest BCUT2D eigenvalue weighted by atomic mass is 79.9. The number of amides is 1. The van der Waals surface area contributed by atoms with Crippen LogP contribution in [0.5, 0.6) is 17.2 Å². The number of anilines is 1. The fraction of sp³-hybridized carbons (Fsp3) is 0.107. The molecule has 9 nitrogen and oxygen atoms in total. The first-order valence-electron chi connectivity index (χ1n) is 11.6. The van der Waals surface area contributed by atoms with Crippen molar-refractivity contribution in [2.24, 2.45) is 0 Å². The molecule has 11 heteroatoms. The number of thiazole rings is 1. The number of methoxy groups -OCH3 is 2. The second kappa shape index (κ2) is 9.44. The smallest absolute Gasteiger partial charge is 0.296 e. The second-order valence-electron chi connectivity index (χ2n) is 8.70. The average Bonchev–Trinajstić information content (AvgIpc) is 3.63. The summed E-state index contributed by atoms with van der Waals surface area (Å²) in [6.07, 6.45) is 0. The van der Waals surface area contributed by atoms with Crippen LogP contribution in [-0.2, 0) is 4.79 Å². The molecule has 1 atom stereocenters. The molecule has 196 valence electrons. The zero-order valence-corrected chi connectivity index (χ0v) is 22.9. The number of benzene rings is 3. The summed E-state index contributed by atoms with van der Waals surface area (Å²) in [5.41, 5.74) is 1.32. The number of halogens is 1. The number of rotatable bonds is 6. The Kier molecular flexibility index (Phi) is 6.04. The van der Waals surface area contributed by atoms with Crippen LogP contribution < -0.4 is 14.4 Å². The largest absolute Gasteiger partial charge is 0.503 e. The van der Waals surface area contributed by atoms with Crippen LogP contribution in [0.15, 0.2) is 80.9 Å². The predicted molar refractivity (Wildman–Crippen MR) is 149 cm³/mol. The molecule has 0 aliphatic carbocycles. The van der Waals surface area contributed by atoms with Crippen molar-refractivity contribution in [3.8, 4) is 17.2 Å². The molecule has 3 heterocycles. The number of ether oxygens (including phenoxy) is 2. The van der Waals surface area contributed by atoms with Crippen LogP contribution in [0.3, 0.4) is 0 Å². The standard InChI is InChI=1S/C28H19BrN2O7S/c1-36-15-7-8-17-21(12-15)39-28(30-17)31-23(14-9-16(29)24(32)19(11-14)37-2)22(26(34)27(31)35)25(33)20-10-13-5-3-4-6-18(13)38-20/h3-12,23,32,34H,1-2H3. The number of aromatic nitrogens is 1. The molecule has 0 spiro atoms. The maximum atomic E-state index is 13.9. The highest BCUT2D eigenvalue weighted by Gasteiger charge is 2.47. The number of phenolic OH excluding ortho intramolecular Hbond substituents is 1. The lowest BCUT2D eigenvalue weighted by atomic mass is 9.95. The lowest BCUT2D eigenvalue weighted by molar-refractivity contribution is -0.117. The number of phenols is 1. The van der Waals surface area contributed by atoms with Crippen LogP contribution in [0.1, 0.15) is 22.2 Å². The van der Waals surface area contributed by atoms with E-state index in [0.717, 1.165) is 4.70 Å². The van der Waals surface area contributed by atoms with Crippen molar-refractivity contribution in [1.82, 2.24) is 4.98 Å². The van der Waals surface area contributed by atoms with E-state index in [9.17, 15) is 19.8 Å². The summed E-state index contributed by atoms with van der Waals surface area (Å²) in [7, 11) is 2.94. The fourth-order valence-corrected chi connectivity index (χ4v) is 6.09. The molecule has 0 radical (unpaired) electrons. The number of Topliss-reactive ketones (excluding diaryl/α,β-unsaturated/α-hetero) is 1. The highest BCUT2D eigenvalue weighted by molar-refractivity contribution is 9.10. The van der Waals surface area contributed by atoms with Crippen LogP contribution in [-0.4, -0.2) is 41.1 Å². The number of ketones is 1. The van der Waals surface area contributed by atoms with Gasteiger partial charge in [-0.1, -0.05) is 29.5 Å². The molecular formula is C28H19BrN2O7S. The van der Waals surface area contributed by atoms with E-state index >= 15 is 0 Å². The molecule has 1 unspecified atom stereocenters. The number of furan rings is 1. The van der Waals surface area contributed by atoms with Crippen LogP contribution in [0.2, 0.25) is 0 Å². The fourth-order valence-electron chi connectivity index (χ4n) is 4.61. The Morgan fingerprint density at radius 2 is 1.87 bits per heavy atom. The van der Waals surface area contributed by atoms with Crippen molar-refractivity contribution in [2.75, 3.05) is 19.1 Å². The molecule has 6 rings (SSSR count). The molecule has 1 aliphatic rings. The van der Waals surface area contributed by atoms with Crippen LogP contribution in [0.4, 0.5) is 5.13 Å². The Morgan fingerprint density at radius 3 is 2.62 bits per heavy atom. The van der Waals surface area contributed by atoms with Gasteiger partial charge in [0.2, 0.25) is 5.78 Å². The quantitative estimate of drug-likeness (QED) is 0.216. The Bertz CT molecular complexity index is 1810. The van der Waals surface area contributed by atoms with Gasteiger partial charge in [-0.25, -0.2) is 4.98 Å². The second-order valence-corrected chi connectivity index (χ2v) is 10.6. The number of para-hydroxylation sites is 1. The topological polar surface area (TPSA) is 122 Å². The molecule has 0 saturated heterocycles. The number of carbonyl (C=O) groups is 2. The summed E-state index contributed by atoms with van der Waals surface area (Å²) in [5.74, 6) is -1.62. The van der Waals surface area contributed by atoms with Crippen molar-refractivity contribution < 1.29 is 33.7 Å². The first-order valence-corrected chi connectivity index (χ1v) is 13.2. The van der Waals surface area contributed by atoms with Crippen molar-refractivity contribution >= 4 is 65.3 Å². The van der Waals surface area contributed by atoms with E-state index in [0.29, 0.717) is 27.8 Å². The zero-order chi connectivity index (χ0) is 27.4. The van der Waals surface area contributed by atoms with Crippen molar-refractivity contribution in [3.05, 3.63) is 87.8 Å². The third kappa shape index (κ3) is 4.01. The van der Waals surface area contributed by atoms with E-state index in [2.05, 4.69) is 20.9 Å². The highest BCUT2D eigenvalue weighted by Crippen LogP contribution is 2.47. The summed E-state index contributed by atoms with van der Waals surface area (Å²) in [5, 5.41) is 22.5. The average molecular weight is 607 g/mol. The molecule has 1 amide bonds. The molecule has 0 fully saturated rings. The molecule has 39 heavy (non-hydrogen) atoms. The number of hydrogen-bond acceptors (Lipinski definition) is 9. The summed E-state index contributed by atoms with van der Waals surface area (Å²) in [6.45, 7) is 0. The van der Waals surface area contributed by atoms with Crippen LogP contribution in [0, 0.1) is 0 Å². The van der Waals surface area contributed by atoms with Gasteiger partial charge >= 0.3 is 0 Å². The minimum atomic E-state index is -1.11. The van der Waals surface area contributed by atoms with Gasteiger partial charge in [0.25, 0.3) is 5.91 Å².